The van der Waals surface area contributed by atoms with Gasteiger partial charge in [0.25, 0.3) is 0 Å². The van der Waals surface area contributed by atoms with Gasteiger partial charge in [-0.3, -0.25) is 14.8 Å². The maximum absolute atomic E-state index is 13.3. The second-order valence-corrected chi connectivity index (χ2v) is 8.70. The number of ether oxygens (including phenoxy) is 2. The molecule has 0 saturated heterocycles. The number of carbonyl (C=O) groups excluding carboxylic acids is 1. The van der Waals surface area contributed by atoms with Gasteiger partial charge in [0.1, 0.15) is 19.0 Å². The average Bonchev–Trinajstić information content (AvgIpc) is 2.84. The summed E-state index contributed by atoms with van der Waals surface area (Å²) < 4.78 is 24.5. The van der Waals surface area contributed by atoms with Crippen LogP contribution in [0.3, 0.4) is 0 Å². The average molecular weight is 471 g/mol. The molecule has 0 aliphatic carbocycles. The Bertz CT molecular complexity index is 954. The van der Waals surface area contributed by atoms with Crippen LogP contribution in [-0.2, 0) is 11.3 Å². The summed E-state index contributed by atoms with van der Waals surface area (Å²) in [5.74, 6) is 1.59. The molecule has 0 fully saturated rings. The topological polar surface area (TPSA) is 85.4 Å². The third-order valence-electron chi connectivity index (χ3n) is 5.90. The zero-order chi connectivity index (χ0) is 24.2. The molecule has 8 heteroatoms. The lowest BCUT2D eigenvalue weighted by Gasteiger charge is -2.21. The van der Waals surface area contributed by atoms with Crippen LogP contribution < -0.4 is 20.1 Å². The van der Waals surface area contributed by atoms with Crippen molar-refractivity contribution in [2.45, 2.75) is 65.0 Å². The van der Waals surface area contributed by atoms with Gasteiger partial charge in [0.15, 0.2) is 11.5 Å². The lowest BCUT2D eigenvalue weighted by Crippen LogP contribution is -2.29. The fourth-order valence-corrected chi connectivity index (χ4v) is 4.00. The second kappa shape index (κ2) is 13.6. The Morgan fingerprint density at radius 2 is 1.91 bits per heavy atom. The highest BCUT2D eigenvalue weighted by atomic mass is 19.1. The van der Waals surface area contributed by atoms with Crippen LogP contribution in [0, 0.1) is 11.7 Å². The Labute approximate surface area is 201 Å². The number of allylic oxidation sites excluding steroid dienone is 1. The van der Waals surface area contributed by atoms with E-state index in [0.29, 0.717) is 49.5 Å². The van der Waals surface area contributed by atoms with Gasteiger partial charge in [0, 0.05) is 24.7 Å². The van der Waals surface area contributed by atoms with Gasteiger partial charge in [-0.2, -0.15) is 0 Å². The molecule has 1 aliphatic rings. The van der Waals surface area contributed by atoms with Crippen LogP contribution in [0.5, 0.6) is 11.5 Å². The Hall–Kier alpha value is -3.00. The van der Waals surface area contributed by atoms with Crippen molar-refractivity contribution < 1.29 is 18.7 Å². The Balaban J connectivity index is 1.41. The molecule has 3 heterocycles. The summed E-state index contributed by atoms with van der Waals surface area (Å²) in [7, 11) is 0. The van der Waals surface area contributed by atoms with Crippen LogP contribution in [0.15, 0.2) is 30.6 Å². The predicted molar refractivity (Wildman–Crippen MR) is 131 cm³/mol. The molecule has 2 aromatic rings. The monoisotopic (exact) mass is 470 g/mol. The van der Waals surface area contributed by atoms with E-state index in [2.05, 4.69) is 34.4 Å². The number of pyridine rings is 2. The second-order valence-electron chi connectivity index (χ2n) is 8.70. The minimum atomic E-state index is -0.477. The van der Waals surface area contributed by atoms with Crippen LogP contribution >= 0.6 is 0 Å². The van der Waals surface area contributed by atoms with E-state index in [1.165, 1.54) is 6.07 Å². The van der Waals surface area contributed by atoms with E-state index in [-0.39, 0.29) is 0 Å². The molecule has 0 saturated carbocycles. The smallest absolute Gasteiger partial charge is 0.211 e. The van der Waals surface area contributed by atoms with Crippen LogP contribution in [0.25, 0.3) is 6.08 Å². The zero-order valence-corrected chi connectivity index (χ0v) is 20.1. The number of anilines is 1. The highest BCUT2D eigenvalue weighted by Gasteiger charge is 2.14. The summed E-state index contributed by atoms with van der Waals surface area (Å²) in [6, 6.07) is 3.68. The van der Waals surface area contributed by atoms with Crippen molar-refractivity contribution >= 4 is 18.2 Å². The Morgan fingerprint density at radius 3 is 2.71 bits per heavy atom. The van der Waals surface area contributed by atoms with Gasteiger partial charge in [-0.25, -0.2) is 4.39 Å². The van der Waals surface area contributed by atoms with Gasteiger partial charge >= 0.3 is 0 Å². The van der Waals surface area contributed by atoms with Crippen molar-refractivity contribution in [3.05, 3.63) is 47.8 Å². The predicted octanol–water partition coefficient (Wildman–Crippen LogP) is 5.12. The molecule has 2 aromatic heterocycles. The third-order valence-corrected chi connectivity index (χ3v) is 5.90. The third kappa shape index (κ3) is 8.09. The van der Waals surface area contributed by atoms with Gasteiger partial charge < -0.3 is 20.1 Å². The van der Waals surface area contributed by atoms with Crippen LogP contribution in [0.1, 0.15) is 63.8 Å². The maximum atomic E-state index is 13.3. The van der Waals surface area contributed by atoms with E-state index in [1.54, 1.807) is 6.20 Å². The summed E-state index contributed by atoms with van der Waals surface area (Å²) in [6.07, 6.45) is 13.7. The number of hydrogen-bond donors (Lipinski definition) is 2. The molecule has 184 valence electrons. The van der Waals surface area contributed by atoms with Gasteiger partial charge in [0.05, 0.1) is 29.5 Å². The number of nitrogens with zero attached hydrogens (tertiary/aromatic N) is 2. The highest BCUT2D eigenvalue weighted by molar-refractivity contribution is 5.76. The fourth-order valence-electron chi connectivity index (χ4n) is 4.00. The van der Waals surface area contributed by atoms with E-state index >= 15 is 0 Å². The summed E-state index contributed by atoms with van der Waals surface area (Å²) in [5.41, 5.74) is 1.89. The first-order chi connectivity index (χ1) is 16.6. The highest BCUT2D eigenvalue weighted by Crippen LogP contribution is 2.29. The molecule has 2 atom stereocenters. The van der Waals surface area contributed by atoms with Gasteiger partial charge in [0.2, 0.25) is 6.41 Å². The minimum absolute atomic E-state index is 0.375. The van der Waals surface area contributed by atoms with Gasteiger partial charge in [-0.15, -0.1) is 0 Å². The van der Waals surface area contributed by atoms with Crippen LogP contribution in [-0.4, -0.2) is 35.6 Å². The lowest BCUT2D eigenvalue weighted by atomic mass is 9.95. The zero-order valence-electron chi connectivity index (χ0n) is 20.1. The maximum Gasteiger partial charge on any atom is 0.211 e. The van der Waals surface area contributed by atoms with Crippen molar-refractivity contribution in [1.29, 1.82) is 0 Å². The Kier molecular flexibility index (Phi) is 10.3. The normalized spacial score (nSPS) is 14.7. The number of amides is 1. The first-order valence-electron chi connectivity index (χ1n) is 12.1. The van der Waals surface area contributed by atoms with Crippen molar-refractivity contribution in [3.63, 3.8) is 0 Å². The number of hydrogen-bond acceptors (Lipinski definition) is 6. The first-order valence-corrected chi connectivity index (χ1v) is 12.1. The molecule has 0 spiro atoms. The largest absolute Gasteiger partial charge is 0.486 e. The molecule has 0 radical (unpaired) electrons. The van der Waals surface area contributed by atoms with Crippen LogP contribution in [0.4, 0.5) is 10.1 Å². The van der Waals surface area contributed by atoms with Crippen molar-refractivity contribution in [2.24, 2.45) is 5.92 Å². The molecule has 2 unspecified atom stereocenters. The molecule has 3 rings (SSSR count). The number of halogens is 1. The Morgan fingerprint density at radius 1 is 1.09 bits per heavy atom. The number of aromatic nitrogens is 2. The number of fused-ring (bicyclic) bond motifs is 1. The van der Waals surface area contributed by atoms with E-state index in [0.717, 1.165) is 61.9 Å². The van der Waals surface area contributed by atoms with Gasteiger partial charge in [-0.1, -0.05) is 26.3 Å². The molecular weight excluding hydrogens is 435 g/mol. The van der Waals surface area contributed by atoms with E-state index in [9.17, 15) is 9.18 Å². The molecule has 2 N–H and O–H groups in total. The molecule has 1 amide bonds. The first kappa shape index (κ1) is 25.6. The van der Waals surface area contributed by atoms with Gasteiger partial charge in [-0.05, 0) is 44.1 Å². The van der Waals surface area contributed by atoms with E-state index < -0.39 is 5.82 Å². The summed E-state index contributed by atoms with van der Waals surface area (Å²) in [5, 5.41) is 6.15. The lowest BCUT2D eigenvalue weighted by molar-refractivity contribution is -0.105. The quantitative estimate of drug-likeness (QED) is 0.373. The summed E-state index contributed by atoms with van der Waals surface area (Å²) in [6.45, 7) is 6.34. The van der Waals surface area contributed by atoms with Crippen molar-refractivity contribution in [2.75, 3.05) is 18.5 Å². The molecule has 0 bridgehead atoms. The molecule has 7 nitrogen and oxygen atoms in total. The molecule has 34 heavy (non-hydrogen) atoms. The number of rotatable bonds is 14. The summed E-state index contributed by atoms with van der Waals surface area (Å²) >= 11 is 0. The standard InChI is InChI=1S/C26H35FN4O3/c1-3-6-21(28-16-22-14-25-26(17-29-22)34-12-11-33-25)10-9-19(2)7-4-5-8-23-24(31-18-32)13-20(27)15-30-23/h5,8,13-15,17-19,21,28H,3-4,6-7,9-12,16H2,1-2H3,(H,31,32)/b8-5-. The number of nitrogens with one attached hydrogen (secondary N) is 2. The summed E-state index contributed by atoms with van der Waals surface area (Å²) in [4.78, 5) is 19.3. The minimum Gasteiger partial charge on any atom is -0.486 e. The SMILES string of the molecule is CCCC(CCC(C)CC/C=C\c1ncc(F)cc1NC=O)NCc1cc2c(cn1)OCCO2. The van der Waals surface area contributed by atoms with Crippen molar-refractivity contribution in [3.8, 4) is 11.5 Å². The fraction of sp³-hybridized carbons (Fsp3) is 0.500. The molecule has 1 aliphatic heterocycles. The molecule has 0 aromatic carbocycles. The number of carbonyl (C=O) groups is 1. The van der Waals surface area contributed by atoms with E-state index in [4.69, 9.17) is 9.47 Å². The molecular formula is C26H35FN4O3. The van der Waals surface area contributed by atoms with Crippen LogP contribution in [0.2, 0.25) is 0 Å². The van der Waals surface area contributed by atoms with E-state index in [1.807, 2.05) is 18.2 Å². The van der Waals surface area contributed by atoms with Crippen molar-refractivity contribution in [1.82, 2.24) is 15.3 Å².